The van der Waals surface area contributed by atoms with Crippen LogP contribution in [0.3, 0.4) is 0 Å². The van der Waals surface area contributed by atoms with Gasteiger partial charge in [0.2, 0.25) is 5.91 Å². The van der Waals surface area contributed by atoms with E-state index in [1.807, 2.05) is 6.92 Å². The van der Waals surface area contributed by atoms with E-state index in [1.54, 1.807) is 24.3 Å². The number of hydrogen-bond donors (Lipinski definition) is 3. The summed E-state index contributed by atoms with van der Waals surface area (Å²) in [4.78, 5) is 35.7. The lowest BCUT2D eigenvalue weighted by atomic mass is 9.87. The van der Waals surface area contributed by atoms with Gasteiger partial charge < -0.3 is 25.8 Å². The van der Waals surface area contributed by atoms with Crippen molar-refractivity contribution in [3.63, 3.8) is 0 Å². The fourth-order valence-corrected chi connectivity index (χ4v) is 2.68. The number of benzene rings is 1. The van der Waals surface area contributed by atoms with Crippen molar-refractivity contribution in [2.24, 2.45) is 17.6 Å². The van der Waals surface area contributed by atoms with E-state index in [0.29, 0.717) is 24.4 Å². The quantitative estimate of drug-likeness (QED) is 0.718. The molecule has 1 aliphatic heterocycles. The lowest BCUT2D eigenvalue weighted by Gasteiger charge is -2.34. The molecule has 4 N–H and O–H groups in total. The fraction of sp³-hybridized carbons (Fsp3) is 0.471. The highest BCUT2D eigenvalue weighted by molar-refractivity contribution is 5.89. The molecule has 2 atom stereocenters. The van der Waals surface area contributed by atoms with Crippen LogP contribution in [-0.4, -0.2) is 47.6 Å². The molecule has 0 bridgehead atoms. The molecule has 25 heavy (non-hydrogen) atoms. The zero-order chi connectivity index (χ0) is 18.4. The minimum atomic E-state index is -0.873. The Bertz CT molecular complexity index is 632. The summed E-state index contributed by atoms with van der Waals surface area (Å²) < 4.78 is 5.36. The summed E-state index contributed by atoms with van der Waals surface area (Å²) in [5, 5.41) is 12.0. The predicted octanol–water partition coefficient (Wildman–Crippen LogP) is 1.52. The van der Waals surface area contributed by atoms with Gasteiger partial charge >= 0.3 is 12.0 Å². The summed E-state index contributed by atoms with van der Waals surface area (Å²) in [5.41, 5.74) is 5.62. The number of carbonyl (C=O) groups excluding carboxylic acids is 2. The van der Waals surface area contributed by atoms with E-state index < -0.39 is 17.8 Å². The normalized spacial score (nSPS) is 20.0. The van der Waals surface area contributed by atoms with E-state index in [-0.39, 0.29) is 31.5 Å². The number of urea groups is 1. The first-order chi connectivity index (χ1) is 11.9. The Labute approximate surface area is 145 Å². The predicted molar refractivity (Wildman–Crippen MR) is 91.2 cm³/mol. The number of carboxylic acid groups (broad SMARTS) is 1. The molecular weight excluding hydrogens is 326 g/mol. The molecule has 1 aromatic rings. The van der Waals surface area contributed by atoms with Crippen LogP contribution in [0.25, 0.3) is 0 Å². The number of rotatable bonds is 6. The Morgan fingerprint density at radius 2 is 2.00 bits per heavy atom. The van der Waals surface area contributed by atoms with Gasteiger partial charge in [0.15, 0.2) is 0 Å². The summed E-state index contributed by atoms with van der Waals surface area (Å²) in [5.74, 6) is -1.22. The third-order valence-corrected chi connectivity index (χ3v) is 4.29. The maximum absolute atomic E-state index is 12.3. The van der Waals surface area contributed by atoms with Crippen molar-refractivity contribution >= 4 is 23.6 Å². The van der Waals surface area contributed by atoms with E-state index >= 15 is 0 Å². The van der Waals surface area contributed by atoms with Crippen LogP contribution in [0.4, 0.5) is 10.5 Å². The smallest absolute Gasteiger partial charge is 0.321 e. The molecule has 0 aromatic heterocycles. The zero-order valence-electron chi connectivity index (χ0n) is 14.1. The Kier molecular flexibility index (Phi) is 6.21. The lowest BCUT2D eigenvalue weighted by Crippen LogP contribution is -2.47. The second kappa shape index (κ2) is 8.36. The van der Waals surface area contributed by atoms with E-state index in [2.05, 4.69) is 5.32 Å². The largest absolute Gasteiger partial charge is 0.493 e. The second-order valence-electron chi connectivity index (χ2n) is 6.18. The van der Waals surface area contributed by atoms with Crippen LogP contribution < -0.4 is 15.8 Å². The molecular formula is C17H23N3O5. The molecule has 0 saturated carbocycles. The Hall–Kier alpha value is -2.77. The minimum absolute atomic E-state index is 0.0541. The summed E-state index contributed by atoms with van der Waals surface area (Å²) in [7, 11) is 0. The Morgan fingerprint density at radius 3 is 2.60 bits per heavy atom. The molecule has 2 unspecified atom stereocenters. The SMILES string of the molecule is CC1CCN(C(=O)Nc2ccc(OCCC(N)=O)cc2)CC1C(=O)O. The number of nitrogens with two attached hydrogens (primary N) is 1. The van der Waals surface area contributed by atoms with Gasteiger partial charge in [0.25, 0.3) is 0 Å². The molecule has 1 saturated heterocycles. The molecule has 3 amide bonds. The number of hydrogen-bond acceptors (Lipinski definition) is 4. The monoisotopic (exact) mass is 349 g/mol. The number of likely N-dealkylation sites (tertiary alicyclic amines) is 1. The molecule has 1 aromatic carbocycles. The molecule has 8 heteroatoms. The standard InChI is InChI=1S/C17H23N3O5/c1-11-6-8-20(10-14(11)16(22)23)17(24)19-12-2-4-13(5-3-12)25-9-7-15(18)21/h2-5,11,14H,6-10H2,1H3,(H2,18,21)(H,19,24)(H,22,23). The summed E-state index contributed by atoms with van der Waals surface area (Å²) in [6.07, 6.45) is 0.799. The number of piperidine rings is 1. The van der Waals surface area contributed by atoms with Crippen molar-refractivity contribution in [1.82, 2.24) is 4.90 Å². The average molecular weight is 349 g/mol. The van der Waals surface area contributed by atoms with E-state index in [1.165, 1.54) is 4.90 Å². The van der Waals surface area contributed by atoms with Crippen LogP contribution in [0.2, 0.25) is 0 Å². The van der Waals surface area contributed by atoms with Gasteiger partial charge in [-0.25, -0.2) is 4.79 Å². The van der Waals surface area contributed by atoms with Crippen LogP contribution >= 0.6 is 0 Å². The highest BCUT2D eigenvalue weighted by Crippen LogP contribution is 2.24. The van der Waals surface area contributed by atoms with Crippen molar-refractivity contribution in [3.8, 4) is 5.75 Å². The van der Waals surface area contributed by atoms with Gasteiger partial charge in [-0.15, -0.1) is 0 Å². The van der Waals surface area contributed by atoms with Gasteiger partial charge in [-0.1, -0.05) is 6.92 Å². The Balaban J connectivity index is 1.87. The molecule has 0 radical (unpaired) electrons. The Morgan fingerprint density at radius 1 is 1.32 bits per heavy atom. The molecule has 8 nitrogen and oxygen atoms in total. The number of nitrogens with zero attached hydrogens (tertiary/aromatic N) is 1. The summed E-state index contributed by atoms with van der Waals surface area (Å²) in [6, 6.07) is 6.39. The number of carbonyl (C=O) groups is 3. The van der Waals surface area contributed by atoms with Gasteiger partial charge in [0, 0.05) is 18.8 Å². The van der Waals surface area contributed by atoms with E-state index in [0.717, 1.165) is 0 Å². The van der Waals surface area contributed by atoms with Gasteiger partial charge in [-0.05, 0) is 36.6 Å². The first-order valence-corrected chi connectivity index (χ1v) is 8.16. The van der Waals surface area contributed by atoms with Crippen molar-refractivity contribution in [1.29, 1.82) is 0 Å². The van der Waals surface area contributed by atoms with E-state index in [4.69, 9.17) is 10.5 Å². The van der Waals surface area contributed by atoms with Crippen LogP contribution in [0, 0.1) is 11.8 Å². The van der Waals surface area contributed by atoms with Crippen molar-refractivity contribution in [2.45, 2.75) is 19.8 Å². The summed E-state index contributed by atoms with van der Waals surface area (Å²) in [6.45, 7) is 2.83. The first kappa shape index (κ1) is 18.6. The van der Waals surface area contributed by atoms with Crippen LogP contribution in [0.1, 0.15) is 19.8 Å². The van der Waals surface area contributed by atoms with Gasteiger partial charge in [-0.2, -0.15) is 0 Å². The number of ether oxygens (including phenoxy) is 1. The molecule has 0 spiro atoms. The average Bonchev–Trinajstić information content (AvgIpc) is 2.56. The zero-order valence-corrected chi connectivity index (χ0v) is 14.1. The van der Waals surface area contributed by atoms with Crippen LogP contribution in [-0.2, 0) is 9.59 Å². The second-order valence-corrected chi connectivity index (χ2v) is 6.18. The van der Waals surface area contributed by atoms with Crippen molar-refractivity contribution < 1.29 is 24.2 Å². The number of primary amides is 1. The van der Waals surface area contributed by atoms with Gasteiger partial charge in [0.05, 0.1) is 18.9 Å². The van der Waals surface area contributed by atoms with Crippen LogP contribution in [0.5, 0.6) is 5.75 Å². The third kappa shape index (κ3) is 5.37. The lowest BCUT2D eigenvalue weighted by molar-refractivity contribution is -0.145. The highest BCUT2D eigenvalue weighted by Gasteiger charge is 2.33. The number of carboxylic acids is 1. The minimum Gasteiger partial charge on any atom is -0.493 e. The summed E-state index contributed by atoms with van der Waals surface area (Å²) >= 11 is 0. The number of amides is 3. The number of aliphatic carboxylic acids is 1. The van der Waals surface area contributed by atoms with Crippen molar-refractivity contribution in [3.05, 3.63) is 24.3 Å². The number of anilines is 1. The first-order valence-electron chi connectivity index (χ1n) is 8.16. The van der Waals surface area contributed by atoms with Crippen molar-refractivity contribution in [2.75, 3.05) is 25.0 Å². The molecule has 136 valence electrons. The molecule has 2 rings (SSSR count). The molecule has 1 heterocycles. The van der Waals surface area contributed by atoms with Crippen LogP contribution in [0.15, 0.2) is 24.3 Å². The number of nitrogens with one attached hydrogen (secondary N) is 1. The van der Waals surface area contributed by atoms with Gasteiger partial charge in [0.1, 0.15) is 5.75 Å². The molecule has 1 aliphatic rings. The molecule has 1 fully saturated rings. The topological polar surface area (TPSA) is 122 Å². The molecule has 0 aliphatic carbocycles. The highest BCUT2D eigenvalue weighted by atomic mass is 16.5. The van der Waals surface area contributed by atoms with E-state index in [9.17, 15) is 19.5 Å². The maximum atomic E-state index is 12.3. The van der Waals surface area contributed by atoms with Gasteiger partial charge in [-0.3, -0.25) is 9.59 Å². The maximum Gasteiger partial charge on any atom is 0.321 e. The third-order valence-electron chi connectivity index (χ3n) is 4.29. The fourth-order valence-electron chi connectivity index (χ4n) is 2.68.